The second-order valence-electron chi connectivity index (χ2n) is 10.1. The van der Waals surface area contributed by atoms with Crippen molar-refractivity contribution in [1.29, 1.82) is 0 Å². The van der Waals surface area contributed by atoms with Crippen molar-refractivity contribution in [3.05, 3.63) is 42.1 Å². The fourth-order valence-electron chi connectivity index (χ4n) is 5.21. The third-order valence-electron chi connectivity index (χ3n) is 7.25. The van der Waals surface area contributed by atoms with E-state index in [-0.39, 0.29) is 0 Å². The van der Waals surface area contributed by atoms with Gasteiger partial charge in [-0.3, -0.25) is 0 Å². The highest BCUT2D eigenvalue weighted by Crippen LogP contribution is 2.32. The first-order valence-electron chi connectivity index (χ1n) is 12.3. The van der Waals surface area contributed by atoms with E-state index in [0.717, 1.165) is 84.2 Å². The second-order valence-corrected chi connectivity index (χ2v) is 10.1. The topological polar surface area (TPSA) is 91.5 Å². The molecule has 0 atom stereocenters. The van der Waals surface area contributed by atoms with Gasteiger partial charge in [0.15, 0.2) is 5.65 Å². The molecule has 2 aliphatic rings. The van der Waals surface area contributed by atoms with Gasteiger partial charge in [-0.2, -0.15) is 9.61 Å². The summed E-state index contributed by atoms with van der Waals surface area (Å²) in [5.41, 5.74) is 4.40. The van der Waals surface area contributed by atoms with Crippen LogP contribution in [-0.2, 0) is 0 Å². The van der Waals surface area contributed by atoms with Gasteiger partial charge in [0.1, 0.15) is 23.0 Å². The standard InChI is InChI=1S/C26H31N7O/c1-17-25(29-20-8-4-3-7-19(20)27-17)21-15-23-30-22(32-13-5-6-14-32)16-24(33(23)31-21)28-18-9-11-26(2,34)12-10-18/h3-4,7-8,15-16,18,28,34H,5-6,9-14H2,1-2H3/t18-,26-. The lowest BCUT2D eigenvalue weighted by Gasteiger charge is -2.34. The Labute approximate surface area is 199 Å². The molecule has 8 heteroatoms. The summed E-state index contributed by atoms with van der Waals surface area (Å²) in [5, 5.41) is 19.0. The molecular weight excluding hydrogens is 426 g/mol. The summed E-state index contributed by atoms with van der Waals surface area (Å²) in [6.07, 6.45) is 5.86. The molecule has 0 unspecified atom stereocenters. The molecule has 0 bridgehead atoms. The van der Waals surface area contributed by atoms with Crippen LogP contribution in [0.1, 0.15) is 51.1 Å². The van der Waals surface area contributed by atoms with Crippen molar-refractivity contribution in [3.8, 4) is 11.4 Å². The number of benzene rings is 1. The normalized spacial score (nSPS) is 23.1. The van der Waals surface area contributed by atoms with Gasteiger partial charge in [-0.1, -0.05) is 12.1 Å². The van der Waals surface area contributed by atoms with Crippen molar-refractivity contribution in [2.24, 2.45) is 0 Å². The Balaban J connectivity index is 1.42. The van der Waals surface area contributed by atoms with E-state index >= 15 is 0 Å². The Morgan fingerprint density at radius 2 is 1.71 bits per heavy atom. The number of aryl methyl sites for hydroxylation is 1. The number of fused-ring (bicyclic) bond motifs is 2. The number of nitrogens with one attached hydrogen (secondary N) is 1. The van der Waals surface area contributed by atoms with E-state index in [0.29, 0.717) is 6.04 Å². The van der Waals surface area contributed by atoms with Crippen LogP contribution in [-0.4, -0.2) is 54.4 Å². The van der Waals surface area contributed by atoms with E-state index in [9.17, 15) is 5.11 Å². The lowest BCUT2D eigenvalue weighted by Crippen LogP contribution is -2.36. The molecule has 8 nitrogen and oxygen atoms in total. The number of anilines is 2. The van der Waals surface area contributed by atoms with E-state index in [4.69, 9.17) is 20.1 Å². The average molecular weight is 458 g/mol. The molecule has 2 N–H and O–H groups in total. The highest BCUT2D eigenvalue weighted by atomic mass is 16.3. The number of para-hydroxylation sites is 2. The molecule has 4 aromatic rings. The summed E-state index contributed by atoms with van der Waals surface area (Å²) in [7, 11) is 0. The maximum Gasteiger partial charge on any atom is 0.160 e. The minimum Gasteiger partial charge on any atom is -0.390 e. The second kappa shape index (κ2) is 8.20. The van der Waals surface area contributed by atoms with Gasteiger partial charge in [0.05, 0.1) is 22.3 Å². The largest absolute Gasteiger partial charge is 0.390 e. The molecule has 6 rings (SSSR count). The summed E-state index contributed by atoms with van der Waals surface area (Å²) in [5.74, 6) is 1.93. The SMILES string of the molecule is Cc1nc2ccccc2nc1-c1cc2nc(N3CCCC3)cc(N[C@H]3CC[C@](C)(O)CC3)n2n1. The summed E-state index contributed by atoms with van der Waals surface area (Å²) in [6.45, 7) is 5.98. The number of hydrogen-bond acceptors (Lipinski definition) is 7. The molecule has 1 aliphatic carbocycles. The molecule has 1 saturated carbocycles. The van der Waals surface area contributed by atoms with E-state index in [1.165, 1.54) is 12.8 Å². The number of aliphatic hydroxyl groups is 1. The molecule has 3 aromatic heterocycles. The Morgan fingerprint density at radius 3 is 2.44 bits per heavy atom. The van der Waals surface area contributed by atoms with Gasteiger partial charge in [-0.25, -0.2) is 15.0 Å². The molecule has 2 fully saturated rings. The van der Waals surface area contributed by atoms with Gasteiger partial charge in [0.2, 0.25) is 0 Å². The number of hydrogen-bond donors (Lipinski definition) is 2. The Morgan fingerprint density at radius 1 is 1.00 bits per heavy atom. The Bertz CT molecular complexity index is 1350. The van der Waals surface area contributed by atoms with Crippen LogP contribution in [0.4, 0.5) is 11.6 Å². The molecule has 1 aromatic carbocycles. The monoisotopic (exact) mass is 457 g/mol. The lowest BCUT2D eigenvalue weighted by atomic mass is 9.84. The van der Waals surface area contributed by atoms with E-state index in [1.807, 2.05) is 48.7 Å². The maximum atomic E-state index is 10.4. The van der Waals surface area contributed by atoms with Gasteiger partial charge in [0, 0.05) is 31.3 Å². The Hall–Kier alpha value is -3.26. The fourth-order valence-corrected chi connectivity index (χ4v) is 5.21. The fraction of sp³-hybridized carbons (Fsp3) is 0.462. The molecule has 0 amide bonds. The van der Waals surface area contributed by atoms with Crippen LogP contribution in [0.2, 0.25) is 0 Å². The van der Waals surface area contributed by atoms with E-state index < -0.39 is 5.60 Å². The first-order chi connectivity index (χ1) is 16.4. The molecule has 0 spiro atoms. The van der Waals surface area contributed by atoms with Crippen molar-refractivity contribution in [2.45, 2.75) is 64.0 Å². The average Bonchev–Trinajstić information content (AvgIpc) is 3.50. The minimum atomic E-state index is -0.558. The van der Waals surface area contributed by atoms with Crippen LogP contribution in [0, 0.1) is 6.92 Å². The van der Waals surface area contributed by atoms with Gasteiger partial charge in [-0.15, -0.1) is 0 Å². The predicted octanol–water partition coefficient (Wildman–Crippen LogP) is 4.35. The predicted molar refractivity (Wildman–Crippen MR) is 134 cm³/mol. The van der Waals surface area contributed by atoms with Crippen LogP contribution in [0.3, 0.4) is 0 Å². The van der Waals surface area contributed by atoms with Crippen molar-refractivity contribution in [2.75, 3.05) is 23.3 Å². The zero-order valence-corrected chi connectivity index (χ0v) is 19.8. The molecule has 1 saturated heterocycles. The van der Waals surface area contributed by atoms with Crippen LogP contribution in [0.25, 0.3) is 28.1 Å². The van der Waals surface area contributed by atoms with Crippen LogP contribution in [0.5, 0.6) is 0 Å². The molecule has 0 radical (unpaired) electrons. The van der Waals surface area contributed by atoms with Gasteiger partial charge < -0.3 is 15.3 Å². The lowest BCUT2D eigenvalue weighted by molar-refractivity contribution is 0.0196. The number of rotatable bonds is 4. The van der Waals surface area contributed by atoms with E-state index in [2.05, 4.69) is 16.3 Å². The zero-order chi connectivity index (χ0) is 23.3. The smallest absolute Gasteiger partial charge is 0.160 e. The van der Waals surface area contributed by atoms with Crippen molar-refractivity contribution in [1.82, 2.24) is 24.6 Å². The molecule has 34 heavy (non-hydrogen) atoms. The summed E-state index contributed by atoms with van der Waals surface area (Å²) in [4.78, 5) is 17.0. The number of aromatic nitrogens is 5. The first-order valence-corrected chi connectivity index (χ1v) is 12.3. The van der Waals surface area contributed by atoms with Gasteiger partial charge in [0.25, 0.3) is 0 Å². The first kappa shape index (κ1) is 21.3. The van der Waals surface area contributed by atoms with Crippen LogP contribution >= 0.6 is 0 Å². The van der Waals surface area contributed by atoms with Crippen molar-refractivity contribution >= 4 is 28.3 Å². The summed E-state index contributed by atoms with van der Waals surface area (Å²) >= 11 is 0. The van der Waals surface area contributed by atoms with E-state index in [1.54, 1.807) is 0 Å². The molecule has 176 valence electrons. The maximum absolute atomic E-state index is 10.4. The minimum absolute atomic E-state index is 0.298. The van der Waals surface area contributed by atoms with Crippen LogP contribution < -0.4 is 10.2 Å². The summed E-state index contributed by atoms with van der Waals surface area (Å²) < 4.78 is 1.90. The van der Waals surface area contributed by atoms with Crippen LogP contribution in [0.15, 0.2) is 36.4 Å². The third kappa shape index (κ3) is 3.96. The molecule has 4 heterocycles. The molecule has 1 aliphatic heterocycles. The summed E-state index contributed by atoms with van der Waals surface area (Å²) in [6, 6.07) is 12.4. The van der Waals surface area contributed by atoms with Crippen molar-refractivity contribution in [3.63, 3.8) is 0 Å². The third-order valence-corrected chi connectivity index (χ3v) is 7.25. The van der Waals surface area contributed by atoms with Crippen molar-refractivity contribution < 1.29 is 5.11 Å². The highest BCUT2D eigenvalue weighted by molar-refractivity contribution is 5.78. The van der Waals surface area contributed by atoms with Gasteiger partial charge in [-0.05, 0) is 64.5 Å². The Kier molecular flexibility index (Phi) is 5.13. The van der Waals surface area contributed by atoms with Gasteiger partial charge >= 0.3 is 0 Å². The highest BCUT2D eigenvalue weighted by Gasteiger charge is 2.29. The number of nitrogens with zero attached hydrogens (tertiary/aromatic N) is 6. The zero-order valence-electron chi connectivity index (χ0n) is 19.8. The molecular formula is C26H31N7O. The quantitative estimate of drug-likeness (QED) is 0.471.